The maximum absolute atomic E-state index is 12.9. The lowest BCUT2D eigenvalue weighted by atomic mass is 10.1. The Labute approximate surface area is 388 Å². The summed E-state index contributed by atoms with van der Waals surface area (Å²) in [6.45, 7) is 4.47. The average molecular weight is 899 g/mol. The summed E-state index contributed by atoms with van der Waals surface area (Å²) < 4.78 is 23.2. The summed E-state index contributed by atoms with van der Waals surface area (Å²) in [5.74, 6) is -0.234. The van der Waals surface area contributed by atoms with Gasteiger partial charge in [0.05, 0.1) is 39.9 Å². The minimum absolute atomic E-state index is 0.0186. The number of carbonyl (C=O) groups is 1. The largest absolute Gasteiger partial charge is 0.756 e. The number of hydrogen-bond acceptors (Lipinski definition) is 6. The van der Waals surface area contributed by atoms with Gasteiger partial charge in [0.25, 0.3) is 7.82 Å². The van der Waals surface area contributed by atoms with E-state index in [0.29, 0.717) is 17.4 Å². The number of aliphatic hydroxyl groups excluding tert-OH is 1. The zero-order valence-corrected chi connectivity index (χ0v) is 41.9. The van der Waals surface area contributed by atoms with Crippen LogP contribution in [-0.4, -0.2) is 68.5 Å². The van der Waals surface area contributed by atoms with E-state index in [1.165, 1.54) is 70.6 Å². The molecule has 0 bridgehead atoms. The molecule has 3 atom stereocenters. The van der Waals surface area contributed by atoms with Gasteiger partial charge in [-0.25, -0.2) is 0 Å². The topological polar surface area (TPSA) is 108 Å². The maximum Gasteiger partial charge on any atom is 0.268 e. The molecule has 0 saturated heterocycles. The lowest BCUT2D eigenvalue weighted by Crippen LogP contribution is -2.45. The first kappa shape index (κ1) is 60.4. The Morgan fingerprint density at radius 3 is 1.48 bits per heavy atom. The van der Waals surface area contributed by atoms with E-state index in [0.717, 1.165) is 96.3 Å². The number of phosphoric acid groups is 1. The average Bonchev–Trinajstić information content (AvgIpc) is 3.24. The zero-order valence-electron chi connectivity index (χ0n) is 41.0. The number of unbranched alkanes of at least 4 members (excludes halogenated alkanes) is 17. The molecular weight excluding hydrogens is 804 g/mol. The molecule has 2 N–H and O–H groups in total. The van der Waals surface area contributed by atoms with Crippen molar-refractivity contribution in [1.29, 1.82) is 0 Å². The van der Waals surface area contributed by atoms with Crippen molar-refractivity contribution in [1.82, 2.24) is 5.32 Å². The second kappa shape index (κ2) is 44.6. The van der Waals surface area contributed by atoms with Crippen molar-refractivity contribution in [3.05, 3.63) is 97.2 Å². The van der Waals surface area contributed by atoms with Crippen LogP contribution in [0.5, 0.6) is 0 Å². The Kier molecular flexibility index (Phi) is 42.8. The molecule has 0 aromatic heterocycles. The van der Waals surface area contributed by atoms with Crippen LogP contribution < -0.4 is 10.2 Å². The van der Waals surface area contributed by atoms with E-state index >= 15 is 0 Å². The minimum atomic E-state index is -4.62. The Morgan fingerprint density at radius 1 is 0.571 bits per heavy atom. The molecule has 1 amide bonds. The highest BCUT2D eigenvalue weighted by atomic mass is 31.2. The SMILES string of the molecule is CC/C=C\C/C=C\C/C=C\C/C=C\C/C=C\CCCCCCCC(=O)NC(COP(=O)([O-])OCC[N+](C)(C)C)C(O)/C=C/CC/C=C/CC/C=C/CCCCCCCCCCCC. The molecule has 9 heteroatoms. The van der Waals surface area contributed by atoms with Crippen LogP contribution in [0.15, 0.2) is 97.2 Å². The number of nitrogens with zero attached hydrogens (tertiary/aromatic N) is 1. The number of likely N-dealkylation sites (N-methyl/N-ethyl adjacent to an activating group) is 1. The lowest BCUT2D eigenvalue weighted by molar-refractivity contribution is -0.870. The third-order valence-electron chi connectivity index (χ3n) is 10.5. The number of allylic oxidation sites excluding steroid dienone is 15. The zero-order chi connectivity index (χ0) is 46.4. The molecule has 0 aliphatic heterocycles. The third-order valence-corrected chi connectivity index (χ3v) is 11.5. The van der Waals surface area contributed by atoms with Crippen LogP contribution in [0, 0.1) is 0 Å². The van der Waals surface area contributed by atoms with Gasteiger partial charge in [-0.2, -0.15) is 0 Å². The van der Waals surface area contributed by atoms with Gasteiger partial charge in [0.1, 0.15) is 13.2 Å². The van der Waals surface area contributed by atoms with Gasteiger partial charge in [0, 0.05) is 6.42 Å². The Bertz CT molecular complexity index is 1340. The van der Waals surface area contributed by atoms with Crippen LogP contribution in [0.1, 0.15) is 187 Å². The van der Waals surface area contributed by atoms with Crippen LogP contribution in [0.25, 0.3) is 0 Å². The summed E-state index contributed by atoms with van der Waals surface area (Å²) in [4.78, 5) is 25.4. The molecule has 0 spiro atoms. The summed E-state index contributed by atoms with van der Waals surface area (Å²) in [6, 6.07) is -0.927. The molecule has 0 heterocycles. The number of aliphatic hydroxyl groups is 1. The first-order chi connectivity index (χ1) is 30.5. The highest BCUT2D eigenvalue weighted by Gasteiger charge is 2.23. The maximum atomic E-state index is 12.9. The number of rotatable bonds is 44. The van der Waals surface area contributed by atoms with Gasteiger partial charge in [0.2, 0.25) is 5.91 Å². The van der Waals surface area contributed by atoms with E-state index in [1.807, 2.05) is 27.2 Å². The number of nitrogens with one attached hydrogen (secondary N) is 1. The lowest BCUT2D eigenvalue weighted by Gasteiger charge is -2.29. The molecule has 0 rings (SSSR count). The summed E-state index contributed by atoms with van der Waals surface area (Å²) in [5.41, 5.74) is 0. The van der Waals surface area contributed by atoms with Crippen molar-refractivity contribution >= 4 is 13.7 Å². The number of carbonyl (C=O) groups excluding carboxylic acids is 1. The highest BCUT2D eigenvalue weighted by molar-refractivity contribution is 7.45. The van der Waals surface area contributed by atoms with Gasteiger partial charge in [0.15, 0.2) is 0 Å². The summed E-state index contributed by atoms with van der Waals surface area (Å²) in [6.07, 6.45) is 63.2. The number of phosphoric ester groups is 1. The van der Waals surface area contributed by atoms with Crippen molar-refractivity contribution in [2.24, 2.45) is 0 Å². The smallest absolute Gasteiger partial charge is 0.268 e. The monoisotopic (exact) mass is 899 g/mol. The summed E-state index contributed by atoms with van der Waals surface area (Å²) in [5, 5.41) is 13.8. The van der Waals surface area contributed by atoms with E-state index in [1.54, 1.807) is 6.08 Å². The molecule has 362 valence electrons. The molecule has 0 aliphatic carbocycles. The van der Waals surface area contributed by atoms with Crippen LogP contribution in [0.3, 0.4) is 0 Å². The third kappa shape index (κ3) is 47.2. The van der Waals surface area contributed by atoms with Crippen molar-refractivity contribution in [3.63, 3.8) is 0 Å². The normalized spacial score (nSPS) is 15.0. The van der Waals surface area contributed by atoms with E-state index in [9.17, 15) is 19.4 Å². The van der Waals surface area contributed by atoms with Crippen LogP contribution >= 0.6 is 7.82 Å². The van der Waals surface area contributed by atoms with E-state index in [4.69, 9.17) is 9.05 Å². The van der Waals surface area contributed by atoms with Crippen molar-refractivity contribution in [3.8, 4) is 0 Å². The van der Waals surface area contributed by atoms with E-state index in [-0.39, 0.29) is 12.5 Å². The predicted molar refractivity (Wildman–Crippen MR) is 269 cm³/mol. The predicted octanol–water partition coefficient (Wildman–Crippen LogP) is 14.1. The van der Waals surface area contributed by atoms with Crippen molar-refractivity contribution in [2.45, 2.75) is 199 Å². The molecular formula is C54H95N2O6P. The van der Waals surface area contributed by atoms with Crippen LogP contribution in [-0.2, 0) is 18.4 Å². The summed E-state index contributed by atoms with van der Waals surface area (Å²) in [7, 11) is 1.20. The Hall–Kier alpha value is -2.58. The molecule has 0 fully saturated rings. The standard InChI is InChI=1S/C54H95N2O6P/c1-6-8-10-12-14-16-18-20-22-24-26-28-30-32-34-36-38-40-42-44-46-48-54(58)55-52(51-62-63(59,60)61-50-49-56(3,4)5)53(57)47-45-43-41-39-37-35-33-31-29-27-25-23-21-19-17-15-13-11-9-7-2/h8,10,14,16,20,22,26,28-29,31-32,34,37,39,45,47,52-53,57H,6-7,9,11-13,15,17-19,21,23-25,27,30,33,35-36,38,40-44,46,48-51H2,1-5H3,(H-,55,58,59,60)/b10-8-,16-14-,22-20-,28-26-,31-29+,34-32-,39-37+,47-45+. The summed E-state index contributed by atoms with van der Waals surface area (Å²) >= 11 is 0. The fourth-order valence-corrected chi connectivity index (χ4v) is 7.29. The van der Waals surface area contributed by atoms with Gasteiger partial charge in [-0.3, -0.25) is 9.36 Å². The molecule has 0 aliphatic rings. The number of hydrogen-bond donors (Lipinski definition) is 2. The van der Waals surface area contributed by atoms with Crippen molar-refractivity contribution < 1.29 is 32.9 Å². The molecule has 8 nitrogen and oxygen atoms in total. The quantitative estimate of drug-likeness (QED) is 0.0273. The van der Waals surface area contributed by atoms with E-state index < -0.39 is 26.6 Å². The highest BCUT2D eigenvalue weighted by Crippen LogP contribution is 2.38. The second-order valence-corrected chi connectivity index (χ2v) is 19.2. The Morgan fingerprint density at radius 2 is 0.984 bits per heavy atom. The van der Waals surface area contributed by atoms with E-state index in [2.05, 4.69) is 104 Å². The van der Waals surface area contributed by atoms with Gasteiger partial charge >= 0.3 is 0 Å². The van der Waals surface area contributed by atoms with Crippen LogP contribution in [0.4, 0.5) is 0 Å². The number of amides is 1. The van der Waals surface area contributed by atoms with Crippen LogP contribution in [0.2, 0.25) is 0 Å². The molecule has 3 unspecified atom stereocenters. The molecule has 0 saturated carbocycles. The fourth-order valence-electron chi connectivity index (χ4n) is 6.56. The number of quaternary nitrogens is 1. The van der Waals surface area contributed by atoms with Gasteiger partial charge in [-0.05, 0) is 89.9 Å². The molecule has 0 aromatic rings. The fraction of sp³-hybridized carbons (Fsp3) is 0.685. The second-order valence-electron chi connectivity index (χ2n) is 17.8. The van der Waals surface area contributed by atoms with Gasteiger partial charge in [-0.15, -0.1) is 0 Å². The first-order valence-corrected chi connectivity index (χ1v) is 26.6. The Balaban J connectivity index is 4.48. The van der Waals surface area contributed by atoms with Crippen molar-refractivity contribution in [2.75, 3.05) is 40.9 Å². The van der Waals surface area contributed by atoms with Gasteiger partial charge < -0.3 is 28.8 Å². The minimum Gasteiger partial charge on any atom is -0.756 e. The van der Waals surface area contributed by atoms with Gasteiger partial charge in [-0.1, -0.05) is 188 Å². The molecule has 63 heavy (non-hydrogen) atoms. The molecule has 0 radical (unpaired) electrons. The molecule has 0 aromatic carbocycles. The first-order valence-electron chi connectivity index (χ1n) is 25.1.